The maximum atomic E-state index is 12.3. The first-order chi connectivity index (χ1) is 11.8. The zero-order valence-corrected chi connectivity index (χ0v) is 14.6. The van der Waals surface area contributed by atoms with Crippen molar-refractivity contribution in [1.29, 1.82) is 0 Å². The van der Waals surface area contributed by atoms with Crippen LogP contribution >= 0.6 is 0 Å². The molecule has 0 aliphatic heterocycles. The third-order valence-corrected chi connectivity index (χ3v) is 3.49. The second kappa shape index (κ2) is 8.20. The molecule has 1 aromatic carbocycles. The van der Waals surface area contributed by atoms with Gasteiger partial charge in [0.25, 0.3) is 5.91 Å². The fraction of sp³-hybridized carbons (Fsp3) is 0.471. The van der Waals surface area contributed by atoms with Crippen molar-refractivity contribution in [2.24, 2.45) is 0 Å². The minimum absolute atomic E-state index is 0.0980. The number of benzene rings is 1. The highest BCUT2D eigenvalue weighted by Gasteiger charge is 2.36. The van der Waals surface area contributed by atoms with Crippen molar-refractivity contribution < 1.29 is 32.7 Å². The van der Waals surface area contributed by atoms with Gasteiger partial charge in [-0.25, -0.2) is 4.79 Å². The first-order valence-electron chi connectivity index (χ1n) is 7.77. The van der Waals surface area contributed by atoms with Gasteiger partial charge >= 0.3 is 12.1 Å². The maximum absolute atomic E-state index is 12.3. The molecule has 144 valence electrons. The Morgan fingerprint density at radius 2 is 1.62 bits per heavy atom. The summed E-state index contributed by atoms with van der Waals surface area (Å²) >= 11 is 0. The highest BCUT2D eigenvalue weighted by molar-refractivity contribution is 5.96. The van der Waals surface area contributed by atoms with Crippen LogP contribution in [0.25, 0.3) is 0 Å². The predicted molar refractivity (Wildman–Crippen MR) is 87.7 cm³/mol. The van der Waals surface area contributed by atoms with Gasteiger partial charge in [0.15, 0.2) is 0 Å². The monoisotopic (exact) mass is 374 g/mol. The Balaban J connectivity index is 2.60. The summed E-state index contributed by atoms with van der Waals surface area (Å²) in [4.78, 5) is 34.4. The standard InChI is InChI=1S/C17H21F3N2O4/c1-16(2,3)11-6-4-10(5-7-11)14(24)21-9-13(23)22-12(15(25)26)8-17(18,19)20/h4-7,12H,8-9H2,1-3H3,(H,21,24)(H,22,23)(H,25,26). The van der Waals surface area contributed by atoms with Crippen LogP contribution in [0.4, 0.5) is 13.2 Å². The fourth-order valence-electron chi connectivity index (χ4n) is 2.06. The lowest BCUT2D eigenvalue weighted by atomic mass is 9.87. The van der Waals surface area contributed by atoms with Gasteiger partial charge in [0.2, 0.25) is 5.91 Å². The summed E-state index contributed by atoms with van der Waals surface area (Å²) in [5.74, 6) is -3.43. The molecule has 26 heavy (non-hydrogen) atoms. The number of hydrogen-bond acceptors (Lipinski definition) is 3. The van der Waals surface area contributed by atoms with Crippen LogP contribution in [0, 0.1) is 0 Å². The van der Waals surface area contributed by atoms with Gasteiger partial charge < -0.3 is 15.7 Å². The molecule has 9 heteroatoms. The number of carboxylic acid groups (broad SMARTS) is 1. The molecule has 6 nitrogen and oxygen atoms in total. The first kappa shape index (κ1) is 21.5. The number of hydrogen-bond donors (Lipinski definition) is 3. The molecule has 0 aliphatic rings. The Morgan fingerprint density at radius 3 is 2.04 bits per heavy atom. The molecule has 3 N–H and O–H groups in total. The van der Waals surface area contributed by atoms with E-state index < -0.39 is 43.0 Å². The summed E-state index contributed by atoms with van der Waals surface area (Å²) in [6.45, 7) is 5.38. The molecule has 0 heterocycles. The van der Waals surface area contributed by atoms with Gasteiger partial charge in [-0.15, -0.1) is 0 Å². The van der Waals surface area contributed by atoms with Gasteiger partial charge in [0.05, 0.1) is 13.0 Å². The zero-order chi connectivity index (χ0) is 20.1. The molecule has 2 amide bonds. The number of carbonyl (C=O) groups is 3. The zero-order valence-electron chi connectivity index (χ0n) is 14.6. The molecular formula is C17H21F3N2O4. The molecule has 0 aliphatic carbocycles. The van der Waals surface area contributed by atoms with E-state index in [0.717, 1.165) is 5.56 Å². The minimum atomic E-state index is -4.74. The van der Waals surface area contributed by atoms with Crippen molar-refractivity contribution >= 4 is 17.8 Å². The van der Waals surface area contributed by atoms with E-state index in [9.17, 15) is 27.6 Å². The molecule has 0 saturated carbocycles. The Bertz CT molecular complexity index is 664. The average Bonchev–Trinajstić information content (AvgIpc) is 2.50. The SMILES string of the molecule is CC(C)(C)c1ccc(C(=O)NCC(=O)NC(CC(F)(F)F)C(=O)O)cc1. The molecule has 0 spiro atoms. The van der Waals surface area contributed by atoms with Crippen LogP contribution in [-0.4, -0.2) is 41.7 Å². The van der Waals surface area contributed by atoms with E-state index in [1.54, 1.807) is 29.6 Å². The van der Waals surface area contributed by atoms with Crippen LogP contribution in [0.3, 0.4) is 0 Å². The van der Waals surface area contributed by atoms with Crippen LogP contribution in [0.15, 0.2) is 24.3 Å². The summed E-state index contributed by atoms with van der Waals surface area (Å²) < 4.78 is 36.9. The van der Waals surface area contributed by atoms with Crippen LogP contribution in [-0.2, 0) is 15.0 Å². The van der Waals surface area contributed by atoms with E-state index in [1.165, 1.54) is 0 Å². The average molecular weight is 374 g/mol. The van der Waals surface area contributed by atoms with Crippen molar-refractivity contribution in [2.45, 2.75) is 44.8 Å². The normalized spacial score (nSPS) is 13.0. The minimum Gasteiger partial charge on any atom is -0.480 e. The second-order valence-electron chi connectivity index (χ2n) is 6.79. The summed E-state index contributed by atoms with van der Waals surface area (Å²) in [5.41, 5.74) is 1.18. The molecule has 0 bridgehead atoms. The lowest BCUT2D eigenvalue weighted by Gasteiger charge is -2.19. The number of carbonyl (C=O) groups excluding carboxylic acids is 2. The number of amides is 2. The Labute approximate surface area is 148 Å². The van der Waals surface area contributed by atoms with Gasteiger partial charge in [-0.3, -0.25) is 9.59 Å². The molecule has 1 aromatic rings. The second-order valence-corrected chi connectivity index (χ2v) is 6.79. The molecule has 1 unspecified atom stereocenters. The van der Waals surface area contributed by atoms with Crippen LogP contribution in [0.1, 0.15) is 43.1 Å². The van der Waals surface area contributed by atoms with E-state index in [0.29, 0.717) is 0 Å². The highest BCUT2D eigenvalue weighted by Crippen LogP contribution is 2.22. The third kappa shape index (κ3) is 7.12. The van der Waals surface area contributed by atoms with E-state index in [4.69, 9.17) is 5.11 Å². The summed E-state index contributed by atoms with van der Waals surface area (Å²) in [6.07, 6.45) is -6.44. The molecular weight excluding hydrogens is 353 g/mol. The van der Waals surface area contributed by atoms with Gasteiger partial charge in [-0.2, -0.15) is 13.2 Å². The number of halogens is 3. The van der Waals surface area contributed by atoms with E-state index in [-0.39, 0.29) is 11.0 Å². The van der Waals surface area contributed by atoms with E-state index in [2.05, 4.69) is 5.32 Å². The van der Waals surface area contributed by atoms with Crippen molar-refractivity contribution in [3.05, 3.63) is 35.4 Å². The highest BCUT2D eigenvalue weighted by atomic mass is 19.4. The lowest BCUT2D eigenvalue weighted by Crippen LogP contribution is -2.47. The lowest BCUT2D eigenvalue weighted by molar-refractivity contribution is -0.159. The van der Waals surface area contributed by atoms with Gasteiger partial charge in [0, 0.05) is 5.56 Å². The smallest absolute Gasteiger partial charge is 0.391 e. The molecule has 0 aromatic heterocycles. The van der Waals surface area contributed by atoms with Crippen molar-refractivity contribution in [3.63, 3.8) is 0 Å². The Hall–Kier alpha value is -2.58. The number of nitrogens with one attached hydrogen (secondary N) is 2. The maximum Gasteiger partial charge on any atom is 0.391 e. The van der Waals surface area contributed by atoms with Crippen molar-refractivity contribution in [1.82, 2.24) is 10.6 Å². The number of carboxylic acids is 1. The first-order valence-corrected chi connectivity index (χ1v) is 7.77. The van der Waals surface area contributed by atoms with Crippen LogP contribution in [0.5, 0.6) is 0 Å². The summed E-state index contributed by atoms with van der Waals surface area (Å²) in [7, 11) is 0. The van der Waals surface area contributed by atoms with Crippen LogP contribution in [0.2, 0.25) is 0 Å². The predicted octanol–water partition coefficient (Wildman–Crippen LogP) is 2.24. The Kier molecular flexibility index (Phi) is 6.77. The van der Waals surface area contributed by atoms with Gasteiger partial charge in [0.1, 0.15) is 6.04 Å². The fourth-order valence-corrected chi connectivity index (χ4v) is 2.06. The molecule has 1 rings (SSSR count). The van der Waals surface area contributed by atoms with Gasteiger partial charge in [-0.05, 0) is 23.1 Å². The Morgan fingerprint density at radius 1 is 1.08 bits per heavy atom. The summed E-state index contributed by atoms with van der Waals surface area (Å²) in [5, 5.41) is 12.7. The van der Waals surface area contributed by atoms with Crippen LogP contribution < -0.4 is 10.6 Å². The summed E-state index contributed by atoms with van der Waals surface area (Å²) in [6, 6.07) is 4.55. The van der Waals surface area contributed by atoms with E-state index in [1.807, 2.05) is 20.8 Å². The molecule has 0 fully saturated rings. The van der Waals surface area contributed by atoms with Crippen molar-refractivity contribution in [3.8, 4) is 0 Å². The molecule has 0 radical (unpaired) electrons. The number of alkyl halides is 3. The topological polar surface area (TPSA) is 95.5 Å². The quantitative estimate of drug-likeness (QED) is 0.712. The third-order valence-electron chi connectivity index (χ3n) is 3.49. The number of rotatable bonds is 6. The number of aliphatic carboxylic acids is 1. The molecule has 1 atom stereocenters. The van der Waals surface area contributed by atoms with Crippen molar-refractivity contribution in [2.75, 3.05) is 6.54 Å². The van der Waals surface area contributed by atoms with Gasteiger partial charge in [-0.1, -0.05) is 32.9 Å². The van der Waals surface area contributed by atoms with E-state index >= 15 is 0 Å². The largest absolute Gasteiger partial charge is 0.480 e. The molecule has 0 saturated heterocycles.